The SMILES string of the molecule is [B]c1cccc2c1CN(C(=O)C(F)(F)F)CC2. The highest BCUT2D eigenvalue weighted by molar-refractivity contribution is 6.33. The van der Waals surface area contributed by atoms with Crippen molar-refractivity contribution in [1.29, 1.82) is 0 Å². The molecule has 2 radical (unpaired) electrons. The molecule has 2 nitrogen and oxygen atoms in total. The molecule has 0 bridgehead atoms. The van der Waals surface area contributed by atoms with Gasteiger partial charge in [-0.3, -0.25) is 4.79 Å². The first-order valence-corrected chi connectivity index (χ1v) is 5.12. The Hall–Kier alpha value is -1.46. The van der Waals surface area contributed by atoms with Crippen molar-refractivity contribution >= 4 is 19.2 Å². The number of rotatable bonds is 0. The second-order valence-corrected chi connectivity index (χ2v) is 3.96. The summed E-state index contributed by atoms with van der Waals surface area (Å²) >= 11 is 0. The van der Waals surface area contributed by atoms with Crippen LogP contribution in [-0.2, 0) is 17.8 Å². The highest BCUT2D eigenvalue weighted by Gasteiger charge is 2.43. The van der Waals surface area contributed by atoms with Crippen molar-refractivity contribution in [3.63, 3.8) is 0 Å². The van der Waals surface area contributed by atoms with Gasteiger partial charge in [-0.25, -0.2) is 0 Å². The van der Waals surface area contributed by atoms with E-state index in [1.54, 1.807) is 12.1 Å². The van der Waals surface area contributed by atoms with E-state index in [0.29, 0.717) is 17.4 Å². The van der Waals surface area contributed by atoms with Crippen LogP contribution in [0.5, 0.6) is 0 Å². The molecule has 0 saturated heterocycles. The van der Waals surface area contributed by atoms with E-state index < -0.39 is 12.1 Å². The molecule has 1 amide bonds. The van der Waals surface area contributed by atoms with Gasteiger partial charge in [0.2, 0.25) is 0 Å². The van der Waals surface area contributed by atoms with Crippen LogP contribution < -0.4 is 5.46 Å². The third-order valence-corrected chi connectivity index (χ3v) is 2.84. The molecule has 1 aliphatic heterocycles. The van der Waals surface area contributed by atoms with E-state index in [1.807, 2.05) is 6.07 Å². The number of carbonyl (C=O) groups is 1. The molecule has 0 aliphatic carbocycles. The second kappa shape index (κ2) is 4.09. The van der Waals surface area contributed by atoms with E-state index in [2.05, 4.69) is 0 Å². The van der Waals surface area contributed by atoms with Gasteiger partial charge in [0.05, 0.1) is 0 Å². The Morgan fingerprint density at radius 3 is 2.71 bits per heavy atom. The predicted octanol–water partition coefficient (Wildman–Crippen LogP) is 0.927. The number of fused-ring (bicyclic) bond motifs is 1. The quantitative estimate of drug-likeness (QED) is 0.616. The molecule has 0 spiro atoms. The van der Waals surface area contributed by atoms with Gasteiger partial charge in [0, 0.05) is 13.1 Å². The van der Waals surface area contributed by atoms with Gasteiger partial charge in [-0.2, -0.15) is 13.2 Å². The van der Waals surface area contributed by atoms with Crippen LogP contribution in [0.15, 0.2) is 18.2 Å². The van der Waals surface area contributed by atoms with Gasteiger partial charge in [-0.15, -0.1) is 0 Å². The summed E-state index contributed by atoms with van der Waals surface area (Å²) in [6.45, 7) is 0.00907. The zero-order valence-electron chi connectivity index (χ0n) is 8.92. The number of amides is 1. The molecule has 1 heterocycles. The summed E-state index contributed by atoms with van der Waals surface area (Å²) in [4.78, 5) is 11.9. The largest absolute Gasteiger partial charge is 0.471 e. The Bertz CT molecular complexity index is 459. The fourth-order valence-corrected chi connectivity index (χ4v) is 1.96. The molecule has 0 saturated carbocycles. The molecule has 0 atom stereocenters. The highest BCUT2D eigenvalue weighted by atomic mass is 19.4. The van der Waals surface area contributed by atoms with Crippen molar-refractivity contribution in [2.75, 3.05) is 6.54 Å². The summed E-state index contributed by atoms with van der Waals surface area (Å²) in [7, 11) is 5.69. The molecular weight excluding hydrogens is 230 g/mol. The first-order chi connectivity index (χ1) is 7.89. The zero-order valence-corrected chi connectivity index (χ0v) is 8.92. The van der Waals surface area contributed by atoms with Crippen LogP contribution in [0.3, 0.4) is 0 Å². The molecule has 1 aromatic rings. The Morgan fingerprint density at radius 1 is 1.35 bits per heavy atom. The van der Waals surface area contributed by atoms with Crippen LogP contribution in [0.4, 0.5) is 13.2 Å². The minimum absolute atomic E-state index is 0.0691. The Kier molecular flexibility index (Phi) is 2.89. The smallest absolute Gasteiger partial charge is 0.330 e. The number of hydrogen-bond donors (Lipinski definition) is 0. The van der Waals surface area contributed by atoms with Gasteiger partial charge < -0.3 is 4.90 Å². The van der Waals surface area contributed by atoms with E-state index in [4.69, 9.17) is 7.85 Å². The van der Waals surface area contributed by atoms with Crippen molar-refractivity contribution in [3.05, 3.63) is 29.3 Å². The van der Waals surface area contributed by atoms with Crippen LogP contribution in [0.2, 0.25) is 0 Å². The lowest BCUT2D eigenvalue weighted by molar-refractivity contribution is -0.186. The summed E-state index contributed by atoms with van der Waals surface area (Å²) in [5.74, 6) is -1.80. The number of hydrogen-bond acceptors (Lipinski definition) is 1. The van der Waals surface area contributed by atoms with Crippen LogP contribution in [0.25, 0.3) is 0 Å². The summed E-state index contributed by atoms with van der Waals surface area (Å²) < 4.78 is 36.9. The van der Waals surface area contributed by atoms with Crippen LogP contribution in [0.1, 0.15) is 11.1 Å². The topological polar surface area (TPSA) is 20.3 Å². The van der Waals surface area contributed by atoms with Crippen molar-refractivity contribution < 1.29 is 18.0 Å². The number of halogens is 3. The minimum Gasteiger partial charge on any atom is -0.330 e. The maximum Gasteiger partial charge on any atom is 0.471 e. The average Bonchev–Trinajstić information content (AvgIpc) is 2.27. The van der Waals surface area contributed by atoms with Crippen LogP contribution >= 0.6 is 0 Å². The molecular formula is C11H9BF3NO. The second-order valence-electron chi connectivity index (χ2n) is 3.96. The fourth-order valence-electron chi connectivity index (χ4n) is 1.96. The Balaban J connectivity index is 2.25. The van der Waals surface area contributed by atoms with Gasteiger partial charge in [0.1, 0.15) is 7.85 Å². The fraction of sp³-hybridized carbons (Fsp3) is 0.364. The van der Waals surface area contributed by atoms with Crippen molar-refractivity contribution in [2.24, 2.45) is 0 Å². The highest BCUT2D eigenvalue weighted by Crippen LogP contribution is 2.23. The summed E-state index contributed by atoms with van der Waals surface area (Å²) in [6, 6.07) is 5.21. The van der Waals surface area contributed by atoms with E-state index in [1.165, 1.54) is 0 Å². The third-order valence-electron chi connectivity index (χ3n) is 2.84. The monoisotopic (exact) mass is 239 g/mol. The predicted molar refractivity (Wildman–Crippen MR) is 57.0 cm³/mol. The van der Waals surface area contributed by atoms with Gasteiger partial charge in [0.25, 0.3) is 0 Å². The molecule has 88 valence electrons. The standard InChI is InChI=1S/C11H9BF3NO/c12-9-3-1-2-7-4-5-16(6-8(7)9)10(17)11(13,14)15/h1-3H,4-6H2. The van der Waals surface area contributed by atoms with Crippen LogP contribution in [-0.4, -0.2) is 31.4 Å². The van der Waals surface area contributed by atoms with Crippen molar-refractivity contribution in [2.45, 2.75) is 19.1 Å². The Labute approximate surface area is 97.8 Å². The van der Waals surface area contributed by atoms with Crippen molar-refractivity contribution in [3.8, 4) is 0 Å². The maximum absolute atomic E-state index is 12.3. The Morgan fingerprint density at radius 2 is 2.06 bits per heavy atom. The van der Waals surface area contributed by atoms with Crippen LogP contribution in [0, 0.1) is 0 Å². The summed E-state index contributed by atoms with van der Waals surface area (Å²) in [6.07, 6.45) is -4.41. The van der Waals surface area contributed by atoms with E-state index in [9.17, 15) is 18.0 Å². The normalized spacial score (nSPS) is 15.6. The van der Waals surface area contributed by atoms with Gasteiger partial charge in [-0.1, -0.05) is 23.7 Å². The molecule has 1 aliphatic rings. The molecule has 0 unspecified atom stereocenters. The molecule has 17 heavy (non-hydrogen) atoms. The third kappa shape index (κ3) is 2.30. The summed E-state index contributed by atoms with van der Waals surface area (Å²) in [5, 5.41) is 0. The average molecular weight is 239 g/mol. The van der Waals surface area contributed by atoms with E-state index in [-0.39, 0.29) is 13.1 Å². The molecule has 0 aromatic heterocycles. The number of carbonyl (C=O) groups excluding carboxylic acids is 1. The van der Waals surface area contributed by atoms with Crippen molar-refractivity contribution in [1.82, 2.24) is 4.90 Å². The maximum atomic E-state index is 12.3. The lowest BCUT2D eigenvalue weighted by Crippen LogP contribution is -2.44. The summed E-state index contributed by atoms with van der Waals surface area (Å²) in [5.41, 5.74) is 1.97. The zero-order chi connectivity index (χ0) is 12.6. The molecule has 6 heteroatoms. The lowest BCUT2D eigenvalue weighted by atomic mass is 9.85. The molecule has 0 N–H and O–H groups in total. The van der Waals surface area contributed by atoms with Gasteiger partial charge >= 0.3 is 12.1 Å². The van der Waals surface area contributed by atoms with Gasteiger partial charge in [0.15, 0.2) is 0 Å². The molecule has 2 rings (SSSR count). The van der Waals surface area contributed by atoms with E-state index >= 15 is 0 Å². The number of nitrogens with zero attached hydrogens (tertiary/aromatic N) is 1. The first kappa shape index (κ1) is 12.0. The molecule has 0 fully saturated rings. The van der Waals surface area contributed by atoms with Gasteiger partial charge in [-0.05, 0) is 17.5 Å². The molecule has 1 aromatic carbocycles. The van der Waals surface area contributed by atoms with E-state index in [0.717, 1.165) is 10.5 Å². The number of benzene rings is 1. The first-order valence-electron chi connectivity index (χ1n) is 5.12. The number of alkyl halides is 3. The minimum atomic E-state index is -4.82. The lowest BCUT2D eigenvalue weighted by Gasteiger charge is -2.30.